The molecule has 1 amide bonds. The predicted octanol–water partition coefficient (Wildman–Crippen LogP) is 5.30. The second-order valence-corrected chi connectivity index (χ2v) is 6.06. The molecule has 0 unspecified atom stereocenters. The first-order chi connectivity index (χ1) is 13.5. The molecule has 0 atom stereocenters. The second-order valence-electron chi connectivity index (χ2n) is 5.65. The highest BCUT2D eigenvalue weighted by Gasteiger charge is 2.16. The van der Waals surface area contributed by atoms with Crippen LogP contribution < -0.4 is 14.8 Å². The van der Waals surface area contributed by atoms with Crippen molar-refractivity contribution in [3.63, 3.8) is 0 Å². The molecule has 142 valence electrons. The van der Waals surface area contributed by atoms with Gasteiger partial charge < -0.3 is 14.8 Å². The summed E-state index contributed by atoms with van der Waals surface area (Å²) in [7, 11) is 1.56. The molecule has 28 heavy (non-hydrogen) atoms. The van der Waals surface area contributed by atoms with Crippen LogP contribution in [-0.4, -0.2) is 17.9 Å². The van der Waals surface area contributed by atoms with Gasteiger partial charge in [-0.2, -0.15) is 0 Å². The van der Waals surface area contributed by atoms with E-state index in [0.29, 0.717) is 11.4 Å². The van der Waals surface area contributed by atoms with Crippen molar-refractivity contribution >= 4 is 28.9 Å². The van der Waals surface area contributed by atoms with Crippen molar-refractivity contribution in [2.24, 2.45) is 0 Å². The zero-order chi connectivity index (χ0) is 20.1. The van der Waals surface area contributed by atoms with E-state index < -0.39 is 4.92 Å². The average Bonchev–Trinajstić information content (AvgIpc) is 2.70. The molecule has 0 aliphatic carbocycles. The Hall–Kier alpha value is -3.58. The van der Waals surface area contributed by atoms with Crippen molar-refractivity contribution in [1.82, 2.24) is 0 Å². The lowest BCUT2D eigenvalue weighted by Gasteiger charge is -2.12. The van der Waals surface area contributed by atoms with Gasteiger partial charge in [-0.25, -0.2) is 0 Å². The average molecular weight is 399 g/mol. The number of nitro groups is 1. The van der Waals surface area contributed by atoms with Gasteiger partial charge in [0.05, 0.1) is 22.6 Å². The minimum Gasteiger partial charge on any atom is -0.497 e. The molecule has 0 spiro atoms. The number of nitrogens with one attached hydrogen (secondary N) is 1. The van der Waals surface area contributed by atoms with Gasteiger partial charge >= 0.3 is 0 Å². The van der Waals surface area contributed by atoms with Gasteiger partial charge in [-0.05, 0) is 42.5 Å². The summed E-state index contributed by atoms with van der Waals surface area (Å²) in [5, 5.41) is 13.7. The van der Waals surface area contributed by atoms with Gasteiger partial charge in [-0.1, -0.05) is 23.7 Å². The number of amides is 1. The molecular weight excluding hydrogens is 384 g/mol. The lowest BCUT2D eigenvalue weighted by atomic mass is 10.1. The van der Waals surface area contributed by atoms with E-state index in [9.17, 15) is 14.9 Å². The van der Waals surface area contributed by atoms with Gasteiger partial charge in [0.15, 0.2) is 0 Å². The zero-order valence-corrected chi connectivity index (χ0v) is 15.5. The SMILES string of the molecule is COc1ccc(NC(=O)c2ccccc2Oc2ccc([N+](=O)[O-])cc2Cl)cc1. The van der Waals surface area contributed by atoms with Gasteiger partial charge in [-0.15, -0.1) is 0 Å². The van der Waals surface area contributed by atoms with Crippen LogP contribution in [-0.2, 0) is 0 Å². The third-order valence-electron chi connectivity index (χ3n) is 3.83. The van der Waals surface area contributed by atoms with Crippen LogP contribution in [0, 0.1) is 10.1 Å². The molecule has 8 heteroatoms. The van der Waals surface area contributed by atoms with E-state index in [1.165, 1.54) is 18.2 Å². The van der Waals surface area contributed by atoms with Gasteiger partial charge in [-0.3, -0.25) is 14.9 Å². The van der Waals surface area contributed by atoms with Crippen LogP contribution in [0.4, 0.5) is 11.4 Å². The first kappa shape index (κ1) is 19.2. The first-order valence-electron chi connectivity index (χ1n) is 8.14. The van der Waals surface area contributed by atoms with E-state index in [2.05, 4.69) is 5.32 Å². The highest BCUT2D eigenvalue weighted by atomic mass is 35.5. The number of halogens is 1. The summed E-state index contributed by atoms with van der Waals surface area (Å²) in [5.41, 5.74) is 0.726. The number of methoxy groups -OCH3 is 1. The summed E-state index contributed by atoms with van der Waals surface area (Å²) in [4.78, 5) is 22.9. The number of anilines is 1. The van der Waals surface area contributed by atoms with Crippen LogP contribution in [0.25, 0.3) is 0 Å². The zero-order valence-electron chi connectivity index (χ0n) is 14.7. The quantitative estimate of drug-likeness (QED) is 0.449. The number of benzene rings is 3. The minimum atomic E-state index is -0.550. The van der Waals surface area contributed by atoms with Crippen molar-refractivity contribution in [2.45, 2.75) is 0 Å². The maximum Gasteiger partial charge on any atom is 0.271 e. The lowest BCUT2D eigenvalue weighted by Crippen LogP contribution is -2.13. The van der Waals surface area contributed by atoms with E-state index in [4.69, 9.17) is 21.1 Å². The first-order valence-corrected chi connectivity index (χ1v) is 8.52. The van der Waals surface area contributed by atoms with Crippen LogP contribution in [0.15, 0.2) is 66.7 Å². The summed E-state index contributed by atoms with van der Waals surface area (Å²) >= 11 is 6.07. The van der Waals surface area contributed by atoms with Crippen molar-refractivity contribution in [1.29, 1.82) is 0 Å². The monoisotopic (exact) mass is 398 g/mol. The third-order valence-corrected chi connectivity index (χ3v) is 4.12. The molecule has 0 fully saturated rings. The lowest BCUT2D eigenvalue weighted by molar-refractivity contribution is -0.384. The molecule has 0 aliphatic rings. The van der Waals surface area contributed by atoms with Gasteiger partial charge in [0.2, 0.25) is 0 Å². The second kappa shape index (κ2) is 8.41. The maximum absolute atomic E-state index is 12.7. The molecule has 0 saturated heterocycles. The van der Waals surface area contributed by atoms with Crippen LogP contribution in [0.3, 0.4) is 0 Å². The number of carbonyl (C=O) groups is 1. The van der Waals surface area contributed by atoms with Crippen LogP contribution >= 0.6 is 11.6 Å². The predicted molar refractivity (Wildman–Crippen MR) is 106 cm³/mol. The van der Waals surface area contributed by atoms with Crippen LogP contribution in [0.2, 0.25) is 5.02 Å². The fraction of sp³-hybridized carbons (Fsp3) is 0.0500. The Morgan fingerprint density at radius 1 is 1.04 bits per heavy atom. The largest absolute Gasteiger partial charge is 0.497 e. The molecule has 0 bridgehead atoms. The maximum atomic E-state index is 12.7. The van der Waals surface area contributed by atoms with Gasteiger partial charge in [0, 0.05) is 17.8 Å². The topological polar surface area (TPSA) is 90.7 Å². The van der Waals surface area contributed by atoms with Crippen LogP contribution in [0.5, 0.6) is 17.2 Å². The summed E-state index contributed by atoms with van der Waals surface area (Å²) in [6.07, 6.45) is 0. The molecule has 3 rings (SSSR count). The van der Waals surface area contributed by atoms with E-state index in [0.717, 1.165) is 0 Å². The standard InChI is InChI=1S/C20H15ClN2O5/c1-27-15-9-6-13(7-10-15)22-20(24)16-4-2-3-5-18(16)28-19-11-8-14(23(25)26)12-17(19)21/h2-12H,1H3,(H,22,24). The molecule has 0 saturated carbocycles. The number of hydrogen-bond donors (Lipinski definition) is 1. The number of non-ortho nitro benzene ring substituents is 1. The smallest absolute Gasteiger partial charge is 0.271 e. The summed E-state index contributed by atoms with van der Waals surface area (Å²) < 4.78 is 10.8. The molecule has 0 heterocycles. The number of nitro benzene ring substituents is 1. The summed E-state index contributed by atoms with van der Waals surface area (Å²) in [6.45, 7) is 0. The highest BCUT2D eigenvalue weighted by molar-refractivity contribution is 6.32. The normalized spacial score (nSPS) is 10.2. The van der Waals surface area contributed by atoms with Crippen LogP contribution in [0.1, 0.15) is 10.4 Å². The Morgan fingerprint density at radius 2 is 1.75 bits per heavy atom. The number of rotatable bonds is 6. The number of para-hydroxylation sites is 1. The fourth-order valence-corrected chi connectivity index (χ4v) is 2.63. The van der Waals surface area contributed by atoms with Crippen molar-refractivity contribution in [3.8, 4) is 17.2 Å². The Morgan fingerprint density at radius 3 is 2.39 bits per heavy atom. The third kappa shape index (κ3) is 4.39. The highest BCUT2D eigenvalue weighted by Crippen LogP contribution is 2.34. The molecule has 3 aromatic carbocycles. The van der Waals surface area contributed by atoms with Crippen molar-refractivity contribution in [3.05, 3.63) is 87.4 Å². The Bertz CT molecular complexity index is 1020. The number of ether oxygens (including phenoxy) is 2. The van der Waals surface area contributed by atoms with E-state index in [1.807, 2.05) is 0 Å². The molecule has 0 aliphatic heterocycles. The summed E-state index contributed by atoms with van der Waals surface area (Å²) in [5.74, 6) is 0.773. The molecule has 7 nitrogen and oxygen atoms in total. The van der Waals surface area contributed by atoms with Gasteiger partial charge in [0.1, 0.15) is 17.2 Å². The number of hydrogen-bond acceptors (Lipinski definition) is 5. The molecule has 1 N–H and O–H groups in total. The van der Waals surface area contributed by atoms with E-state index in [1.54, 1.807) is 55.6 Å². The van der Waals surface area contributed by atoms with Gasteiger partial charge in [0.25, 0.3) is 11.6 Å². The fourth-order valence-electron chi connectivity index (χ4n) is 2.42. The number of carbonyl (C=O) groups excluding carboxylic acids is 1. The van der Waals surface area contributed by atoms with E-state index in [-0.39, 0.29) is 33.7 Å². The molecule has 0 aromatic heterocycles. The van der Waals surface area contributed by atoms with Crippen molar-refractivity contribution < 1.29 is 19.2 Å². The Kier molecular flexibility index (Phi) is 5.76. The minimum absolute atomic E-state index is 0.0690. The molecular formula is C20H15ClN2O5. The van der Waals surface area contributed by atoms with E-state index >= 15 is 0 Å². The Labute approximate surface area is 165 Å². The number of nitrogens with zero attached hydrogens (tertiary/aromatic N) is 1. The Balaban J connectivity index is 1.82. The molecule has 0 radical (unpaired) electrons. The molecule has 3 aromatic rings. The summed E-state index contributed by atoms with van der Waals surface area (Å²) in [6, 6.07) is 17.4. The van der Waals surface area contributed by atoms with Crippen molar-refractivity contribution in [2.75, 3.05) is 12.4 Å².